The fourth-order valence-electron chi connectivity index (χ4n) is 1.72. The molecule has 1 aromatic rings. The molecule has 1 aliphatic heterocycles. The number of benzene rings is 1. The number of nitrogens with two attached hydrogens (primary N) is 1. The van der Waals surface area contributed by atoms with Crippen LogP contribution in [0.4, 0.5) is 5.69 Å². The minimum absolute atomic E-state index is 0.493. The maximum atomic E-state index is 5.73. The van der Waals surface area contributed by atoms with E-state index in [-0.39, 0.29) is 0 Å². The summed E-state index contributed by atoms with van der Waals surface area (Å²) in [5, 5.41) is 0. The molecule has 1 atom stereocenters. The lowest BCUT2D eigenvalue weighted by Gasteiger charge is -2.11. The zero-order valence-electron chi connectivity index (χ0n) is 9.44. The average Bonchev–Trinajstić information content (AvgIpc) is 2.78. The van der Waals surface area contributed by atoms with Crippen LogP contribution in [0.15, 0.2) is 18.2 Å². The molecule has 1 aliphatic rings. The SMILES string of the molecule is COc1cc(N)cc(OCC2CCOC2)c1. The van der Waals surface area contributed by atoms with Crippen LogP contribution in [0.1, 0.15) is 6.42 Å². The molecule has 1 fully saturated rings. The molecule has 0 bridgehead atoms. The number of rotatable bonds is 4. The number of hydrogen-bond donors (Lipinski definition) is 1. The summed E-state index contributed by atoms with van der Waals surface area (Å²) < 4.78 is 16.1. The van der Waals surface area contributed by atoms with Crippen molar-refractivity contribution in [2.45, 2.75) is 6.42 Å². The molecule has 0 amide bonds. The highest BCUT2D eigenvalue weighted by Crippen LogP contribution is 2.25. The van der Waals surface area contributed by atoms with Gasteiger partial charge in [0, 0.05) is 36.4 Å². The molecule has 88 valence electrons. The normalized spacial score (nSPS) is 19.7. The van der Waals surface area contributed by atoms with Gasteiger partial charge >= 0.3 is 0 Å². The third-order valence-electron chi connectivity index (χ3n) is 2.65. The summed E-state index contributed by atoms with van der Waals surface area (Å²) >= 11 is 0. The van der Waals surface area contributed by atoms with E-state index in [2.05, 4.69) is 0 Å². The van der Waals surface area contributed by atoms with Crippen LogP contribution in [0.25, 0.3) is 0 Å². The zero-order chi connectivity index (χ0) is 11.4. The second kappa shape index (κ2) is 5.07. The van der Waals surface area contributed by atoms with Gasteiger partial charge in [-0.15, -0.1) is 0 Å². The molecule has 2 rings (SSSR count). The topological polar surface area (TPSA) is 53.7 Å². The first-order valence-electron chi connectivity index (χ1n) is 5.43. The van der Waals surface area contributed by atoms with Crippen molar-refractivity contribution < 1.29 is 14.2 Å². The molecule has 1 heterocycles. The Labute approximate surface area is 95.3 Å². The first-order chi connectivity index (χ1) is 7.78. The van der Waals surface area contributed by atoms with Crippen LogP contribution in [0.2, 0.25) is 0 Å². The van der Waals surface area contributed by atoms with Crippen molar-refractivity contribution in [1.29, 1.82) is 0 Å². The fraction of sp³-hybridized carbons (Fsp3) is 0.500. The van der Waals surface area contributed by atoms with Crippen LogP contribution in [-0.4, -0.2) is 26.9 Å². The van der Waals surface area contributed by atoms with Crippen molar-refractivity contribution in [2.24, 2.45) is 5.92 Å². The predicted molar refractivity (Wildman–Crippen MR) is 61.8 cm³/mol. The molecule has 0 saturated carbocycles. The van der Waals surface area contributed by atoms with Crippen LogP contribution in [-0.2, 0) is 4.74 Å². The summed E-state index contributed by atoms with van der Waals surface area (Å²) in [4.78, 5) is 0. The Bertz CT molecular complexity index is 348. The molecule has 0 aliphatic carbocycles. The molecule has 2 N–H and O–H groups in total. The quantitative estimate of drug-likeness (QED) is 0.789. The monoisotopic (exact) mass is 223 g/mol. The number of ether oxygens (including phenoxy) is 3. The van der Waals surface area contributed by atoms with E-state index in [0.717, 1.165) is 31.1 Å². The second-order valence-electron chi connectivity index (χ2n) is 3.98. The van der Waals surface area contributed by atoms with E-state index in [1.165, 1.54) is 0 Å². The maximum absolute atomic E-state index is 5.73. The van der Waals surface area contributed by atoms with Gasteiger partial charge in [0.1, 0.15) is 11.5 Å². The Kier molecular flexibility index (Phi) is 3.51. The van der Waals surface area contributed by atoms with Crippen LogP contribution >= 0.6 is 0 Å². The lowest BCUT2D eigenvalue weighted by molar-refractivity contribution is 0.167. The third kappa shape index (κ3) is 2.79. The lowest BCUT2D eigenvalue weighted by atomic mass is 10.1. The van der Waals surface area contributed by atoms with Crippen molar-refractivity contribution in [2.75, 3.05) is 32.7 Å². The minimum atomic E-state index is 0.493. The van der Waals surface area contributed by atoms with E-state index >= 15 is 0 Å². The molecule has 1 saturated heterocycles. The summed E-state index contributed by atoms with van der Waals surface area (Å²) in [7, 11) is 1.61. The molecule has 1 unspecified atom stereocenters. The van der Waals surface area contributed by atoms with Crippen LogP contribution in [0, 0.1) is 5.92 Å². The zero-order valence-corrected chi connectivity index (χ0v) is 9.44. The Balaban J connectivity index is 1.94. The van der Waals surface area contributed by atoms with Gasteiger partial charge in [0.2, 0.25) is 0 Å². The van der Waals surface area contributed by atoms with Gasteiger partial charge in [0.25, 0.3) is 0 Å². The molecule has 4 heteroatoms. The lowest BCUT2D eigenvalue weighted by Crippen LogP contribution is -2.11. The Morgan fingerprint density at radius 1 is 1.38 bits per heavy atom. The predicted octanol–water partition coefficient (Wildman–Crippen LogP) is 1.69. The van der Waals surface area contributed by atoms with Crippen molar-refractivity contribution in [3.05, 3.63) is 18.2 Å². The number of hydrogen-bond acceptors (Lipinski definition) is 4. The summed E-state index contributed by atoms with van der Waals surface area (Å²) in [6.45, 7) is 2.31. The second-order valence-corrected chi connectivity index (χ2v) is 3.98. The van der Waals surface area contributed by atoms with E-state index in [0.29, 0.717) is 18.2 Å². The highest BCUT2D eigenvalue weighted by Gasteiger charge is 2.16. The summed E-state index contributed by atoms with van der Waals surface area (Å²) in [6, 6.07) is 5.41. The van der Waals surface area contributed by atoms with Gasteiger partial charge in [-0.05, 0) is 6.42 Å². The van der Waals surface area contributed by atoms with E-state index in [1.54, 1.807) is 19.2 Å². The highest BCUT2D eigenvalue weighted by atomic mass is 16.5. The van der Waals surface area contributed by atoms with Gasteiger partial charge in [-0.25, -0.2) is 0 Å². The molecule has 16 heavy (non-hydrogen) atoms. The summed E-state index contributed by atoms with van der Waals surface area (Å²) in [6.07, 6.45) is 1.07. The van der Waals surface area contributed by atoms with Crippen LogP contribution < -0.4 is 15.2 Å². The summed E-state index contributed by atoms with van der Waals surface area (Å²) in [5.41, 5.74) is 6.38. The number of nitrogen functional groups attached to an aromatic ring is 1. The number of anilines is 1. The van der Waals surface area contributed by atoms with E-state index in [1.807, 2.05) is 6.07 Å². The average molecular weight is 223 g/mol. The largest absolute Gasteiger partial charge is 0.497 e. The van der Waals surface area contributed by atoms with Gasteiger partial charge < -0.3 is 19.9 Å². The number of methoxy groups -OCH3 is 1. The minimum Gasteiger partial charge on any atom is -0.497 e. The van der Waals surface area contributed by atoms with Crippen LogP contribution in [0.5, 0.6) is 11.5 Å². The molecular formula is C12H17NO3. The standard InChI is InChI=1S/C12H17NO3/c1-14-11-4-10(13)5-12(6-11)16-8-9-2-3-15-7-9/h4-6,9H,2-3,7-8,13H2,1H3. The van der Waals surface area contributed by atoms with Crippen LogP contribution in [0.3, 0.4) is 0 Å². The smallest absolute Gasteiger partial charge is 0.125 e. The van der Waals surface area contributed by atoms with Gasteiger partial charge in [0.15, 0.2) is 0 Å². The fourth-order valence-corrected chi connectivity index (χ4v) is 1.72. The summed E-state index contributed by atoms with van der Waals surface area (Å²) in [5.74, 6) is 1.97. The van der Waals surface area contributed by atoms with Gasteiger partial charge in [-0.2, -0.15) is 0 Å². The van der Waals surface area contributed by atoms with Gasteiger partial charge in [-0.3, -0.25) is 0 Å². The van der Waals surface area contributed by atoms with Crippen molar-refractivity contribution >= 4 is 5.69 Å². The first-order valence-corrected chi connectivity index (χ1v) is 5.43. The van der Waals surface area contributed by atoms with Crippen molar-refractivity contribution in [3.63, 3.8) is 0 Å². The van der Waals surface area contributed by atoms with Gasteiger partial charge in [-0.1, -0.05) is 0 Å². The highest BCUT2D eigenvalue weighted by molar-refractivity contribution is 5.50. The van der Waals surface area contributed by atoms with Crippen molar-refractivity contribution in [1.82, 2.24) is 0 Å². The molecule has 1 aromatic carbocycles. The van der Waals surface area contributed by atoms with Crippen molar-refractivity contribution in [3.8, 4) is 11.5 Å². The van der Waals surface area contributed by atoms with E-state index in [4.69, 9.17) is 19.9 Å². The molecule has 0 spiro atoms. The van der Waals surface area contributed by atoms with E-state index < -0.39 is 0 Å². The first kappa shape index (κ1) is 11.1. The molecular weight excluding hydrogens is 206 g/mol. The maximum Gasteiger partial charge on any atom is 0.125 e. The Morgan fingerprint density at radius 2 is 2.19 bits per heavy atom. The van der Waals surface area contributed by atoms with Gasteiger partial charge in [0.05, 0.1) is 20.3 Å². The molecule has 0 aromatic heterocycles. The Morgan fingerprint density at radius 3 is 2.88 bits per heavy atom. The molecule has 0 radical (unpaired) electrons. The van der Waals surface area contributed by atoms with E-state index in [9.17, 15) is 0 Å². The Hall–Kier alpha value is -1.42. The third-order valence-corrected chi connectivity index (χ3v) is 2.65. The molecule has 4 nitrogen and oxygen atoms in total.